The molecule has 1 saturated heterocycles. The Labute approximate surface area is 143 Å². The molecule has 0 radical (unpaired) electrons. The summed E-state index contributed by atoms with van der Waals surface area (Å²) in [5.74, 6) is -0.757. The Kier molecular flexibility index (Phi) is 3.31. The molecule has 2 aliphatic rings. The molecule has 8 heteroatoms. The molecular weight excluding hydrogens is 324 g/mol. The van der Waals surface area contributed by atoms with Crippen LogP contribution in [0.1, 0.15) is 36.9 Å². The summed E-state index contributed by atoms with van der Waals surface area (Å²) >= 11 is 0. The van der Waals surface area contributed by atoms with Gasteiger partial charge in [-0.25, -0.2) is 4.79 Å². The zero-order valence-electron chi connectivity index (χ0n) is 14.0. The molecule has 0 saturated carbocycles. The third-order valence-corrected chi connectivity index (χ3v) is 5.10. The van der Waals surface area contributed by atoms with E-state index in [-0.39, 0.29) is 23.9 Å². The number of benzene rings is 1. The largest absolute Gasteiger partial charge is 0.334 e. The quantitative estimate of drug-likeness (QED) is 0.748. The van der Waals surface area contributed by atoms with E-state index in [0.29, 0.717) is 25.0 Å². The van der Waals surface area contributed by atoms with Gasteiger partial charge in [0.15, 0.2) is 0 Å². The predicted molar refractivity (Wildman–Crippen MR) is 88.5 cm³/mol. The van der Waals surface area contributed by atoms with Crippen LogP contribution >= 0.6 is 0 Å². The maximum absolute atomic E-state index is 12.7. The van der Waals surface area contributed by atoms with Crippen molar-refractivity contribution in [3.8, 4) is 0 Å². The lowest BCUT2D eigenvalue weighted by Crippen LogP contribution is -2.44. The summed E-state index contributed by atoms with van der Waals surface area (Å²) < 4.78 is 2.98. The first-order valence-electron chi connectivity index (χ1n) is 8.18. The van der Waals surface area contributed by atoms with Gasteiger partial charge in [-0.2, -0.15) is 0 Å². The molecule has 1 N–H and O–H groups in total. The molecule has 1 unspecified atom stereocenters. The number of carbonyl (C=O) groups is 3. The average molecular weight is 342 g/mol. The van der Waals surface area contributed by atoms with E-state index in [1.165, 1.54) is 16.1 Å². The van der Waals surface area contributed by atoms with Crippen LogP contribution in [0, 0.1) is 0 Å². The zero-order valence-corrected chi connectivity index (χ0v) is 14.0. The summed E-state index contributed by atoms with van der Waals surface area (Å²) in [6, 6.07) is 3.10. The highest BCUT2D eigenvalue weighted by Crippen LogP contribution is 2.30. The standard InChI is InChI=1S/C17H18N4O4/c1-9(22)20-7-10-5-13-14(6-11(10)8-20)21(17(25)19(13)2)12-3-4-15(23)18-16(12)24/h5-6,12H,3-4,7-8H2,1-2H3,(H,18,23,24). The van der Waals surface area contributed by atoms with Crippen LogP contribution in [-0.2, 0) is 34.5 Å². The number of fused-ring (bicyclic) bond motifs is 2. The monoisotopic (exact) mass is 342 g/mol. The summed E-state index contributed by atoms with van der Waals surface area (Å²) in [6.45, 7) is 2.56. The molecule has 2 aromatic rings. The van der Waals surface area contributed by atoms with Crippen molar-refractivity contribution in [2.24, 2.45) is 7.05 Å². The lowest BCUT2D eigenvalue weighted by atomic mass is 10.0. The van der Waals surface area contributed by atoms with E-state index in [4.69, 9.17) is 0 Å². The van der Waals surface area contributed by atoms with Crippen molar-refractivity contribution < 1.29 is 14.4 Å². The number of rotatable bonds is 1. The van der Waals surface area contributed by atoms with E-state index in [0.717, 1.165) is 16.6 Å². The van der Waals surface area contributed by atoms with Crippen molar-refractivity contribution >= 4 is 28.8 Å². The predicted octanol–water partition coefficient (Wildman–Crippen LogP) is 0.180. The van der Waals surface area contributed by atoms with Gasteiger partial charge in [0, 0.05) is 33.5 Å². The van der Waals surface area contributed by atoms with E-state index >= 15 is 0 Å². The lowest BCUT2D eigenvalue weighted by Gasteiger charge is -2.22. The van der Waals surface area contributed by atoms with E-state index in [9.17, 15) is 19.2 Å². The van der Waals surface area contributed by atoms with Gasteiger partial charge in [0.05, 0.1) is 11.0 Å². The Morgan fingerprint density at radius 3 is 2.36 bits per heavy atom. The fraction of sp³-hybridized carbons (Fsp3) is 0.412. The molecule has 8 nitrogen and oxygen atoms in total. The SMILES string of the molecule is CC(=O)N1Cc2cc3c(cc2C1)n(C1CCC(=O)NC1=O)c(=O)n3C. The number of amides is 3. The van der Waals surface area contributed by atoms with Crippen LogP contribution in [-0.4, -0.2) is 31.8 Å². The second-order valence-electron chi connectivity index (χ2n) is 6.66. The van der Waals surface area contributed by atoms with Gasteiger partial charge in [-0.3, -0.25) is 28.8 Å². The number of imidazole rings is 1. The van der Waals surface area contributed by atoms with E-state index in [1.807, 2.05) is 12.1 Å². The second kappa shape index (κ2) is 5.30. The maximum atomic E-state index is 12.7. The molecule has 1 aromatic heterocycles. The minimum Gasteiger partial charge on any atom is -0.334 e. The molecule has 1 aromatic carbocycles. The van der Waals surface area contributed by atoms with Gasteiger partial charge in [-0.1, -0.05) is 0 Å². The van der Waals surface area contributed by atoms with E-state index in [1.54, 1.807) is 11.9 Å². The molecular formula is C17H18N4O4. The van der Waals surface area contributed by atoms with E-state index < -0.39 is 11.9 Å². The van der Waals surface area contributed by atoms with Crippen LogP contribution in [0.4, 0.5) is 0 Å². The Bertz CT molecular complexity index is 1000. The molecule has 3 heterocycles. The van der Waals surface area contributed by atoms with Crippen LogP contribution in [0.3, 0.4) is 0 Å². The van der Waals surface area contributed by atoms with E-state index in [2.05, 4.69) is 5.32 Å². The zero-order chi connectivity index (χ0) is 17.9. The number of aromatic nitrogens is 2. The Balaban J connectivity index is 1.86. The van der Waals surface area contributed by atoms with Gasteiger partial charge in [-0.15, -0.1) is 0 Å². The first-order chi connectivity index (χ1) is 11.9. The van der Waals surface area contributed by atoms with Gasteiger partial charge in [0.1, 0.15) is 6.04 Å². The fourth-order valence-electron chi connectivity index (χ4n) is 3.71. The smallest absolute Gasteiger partial charge is 0.329 e. The molecule has 0 aliphatic carbocycles. The Morgan fingerprint density at radius 1 is 1.12 bits per heavy atom. The third-order valence-electron chi connectivity index (χ3n) is 5.10. The molecule has 4 rings (SSSR count). The van der Waals surface area contributed by atoms with Gasteiger partial charge in [0.25, 0.3) is 0 Å². The second-order valence-corrected chi connectivity index (χ2v) is 6.66. The highest BCUT2D eigenvalue weighted by atomic mass is 16.2. The highest BCUT2D eigenvalue weighted by Gasteiger charge is 2.32. The van der Waals surface area contributed by atoms with Crippen molar-refractivity contribution in [1.82, 2.24) is 19.4 Å². The number of hydrogen-bond acceptors (Lipinski definition) is 4. The van der Waals surface area contributed by atoms with Crippen LogP contribution < -0.4 is 11.0 Å². The van der Waals surface area contributed by atoms with Crippen molar-refractivity contribution in [3.63, 3.8) is 0 Å². The number of carbonyl (C=O) groups excluding carboxylic acids is 3. The third kappa shape index (κ3) is 2.28. The summed E-state index contributed by atoms with van der Waals surface area (Å²) in [4.78, 5) is 49.7. The molecule has 0 spiro atoms. The minimum absolute atomic E-state index is 0.00261. The lowest BCUT2D eigenvalue weighted by molar-refractivity contribution is -0.135. The summed E-state index contributed by atoms with van der Waals surface area (Å²) in [5, 5.41) is 2.30. The summed E-state index contributed by atoms with van der Waals surface area (Å²) in [5.41, 5.74) is 3.09. The van der Waals surface area contributed by atoms with Crippen LogP contribution in [0.15, 0.2) is 16.9 Å². The molecule has 130 valence electrons. The summed E-state index contributed by atoms with van der Waals surface area (Å²) in [6.07, 6.45) is 0.516. The average Bonchev–Trinajstić information content (AvgIpc) is 3.07. The van der Waals surface area contributed by atoms with Crippen LogP contribution in [0.5, 0.6) is 0 Å². The van der Waals surface area contributed by atoms with Gasteiger partial charge < -0.3 is 4.90 Å². The molecule has 0 bridgehead atoms. The van der Waals surface area contributed by atoms with Crippen molar-refractivity contribution in [3.05, 3.63) is 33.7 Å². The molecule has 25 heavy (non-hydrogen) atoms. The van der Waals surface area contributed by atoms with Crippen LogP contribution in [0.2, 0.25) is 0 Å². The Morgan fingerprint density at radius 2 is 1.76 bits per heavy atom. The summed E-state index contributed by atoms with van der Waals surface area (Å²) in [7, 11) is 1.66. The first-order valence-corrected chi connectivity index (χ1v) is 8.18. The number of aryl methyl sites for hydroxylation is 1. The van der Waals surface area contributed by atoms with Gasteiger partial charge in [0.2, 0.25) is 17.7 Å². The van der Waals surface area contributed by atoms with Gasteiger partial charge in [-0.05, 0) is 29.7 Å². The molecule has 1 atom stereocenters. The van der Waals surface area contributed by atoms with Gasteiger partial charge >= 0.3 is 5.69 Å². The van der Waals surface area contributed by atoms with Crippen molar-refractivity contribution in [1.29, 1.82) is 0 Å². The number of nitrogens with one attached hydrogen (secondary N) is 1. The highest BCUT2D eigenvalue weighted by molar-refractivity contribution is 6.00. The molecule has 2 aliphatic heterocycles. The minimum atomic E-state index is -0.697. The molecule has 3 amide bonds. The van der Waals surface area contributed by atoms with Crippen molar-refractivity contribution in [2.75, 3.05) is 0 Å². The number of nitrogens with zero attached hydrogens (tertiary/aromatic N) is 3. The number of piperidine rings is 1. The maximum Gasteiger partial charge on any atom is 0.329 e. The van der Waals surface area contributed by atoms with Crippen molar-refractivity contribution in [2.45, 2.75) is 38.9 Å². The fourth-order valence-corrected chi connectivity index (χ4v) is 3.71. The normalized spacial score (nSPS) is 20.1. The number of imide groups is 1. The first kappa shape index (κ1) is 15.6. The molecule has 1 fully saturated rings. The number of hydrogen-bond donors (Lipinski definition) is 1. The Hall–Kier alpha value is -2.90. The topological polar surface area (TPSA) is 93.4 Å². The van der Waals surface area contributed by atoms with Crippen LogP contribution in [0.25, 0.3) is 11.0 Å².